The highest BCUT2D eigenvalue weighted by atomic mass is 16.5. The molecule has 0 bridgehead atoms. The maximum atomic E-state index is 13.4. The second kappa shape index (κ2) is 7.46. The summed E-state index contributed by atoms with van der Waals surface area (Å²) in [6.07, 6.45) is 3.33. The van der Waals surface area contributed by atoms with Gasteiger partial charge in [-0.25, -0.2) is 14.3 Å². The van der Waals surface area contributed by atoms with E-state index in [1.165, 1.54) is 13.5 Å². The molecule has 6 heteroatoms. The molecule has 1 fully saturated rings. The van der Waals surface area contributed by atoms with Gasteiger partial charge in [-0.1, -0.05) is 17.7 Å². The molecule has 1 aliphatic heterocycles. The van der Waals surface area contributed by atoms with E-state index in [0.29, 0.717) is 22.4 Å². The highest BCUT2D eigenvalue weighted by molar-refractivity contribution is 5.94. The van der Waals surface area contributed by atoms with Crippen molar-refractivity contribution < 1.29 is 9.53 Å². The molecule has 1 saturated heterocycles. The van der Waals surface area contributed by atoms with Crippen molar-refractivity contribution in [2.24, 2.45) is 0 Å². The molecule has 0 N–H and O–H groups in total. The molecule has 3 aromatic rings. The highest BCUT2D eigenvalue weighted by Crippen LogP contribution is 2.23. The van der Waals surface area contributed by atoms with Gasteiger partial charge in [-0.2, -0.15) is 0 Å². The quantitative estimate of drug-likeness (QED) is 0.654. The lowest BCUT2D eigenvalue weighted by molar-refractivity contribution is 0.0601. The minimum atomic E-state index is -0.439. The average molecular weight is 377 g/mol. The van der Waals surface area contributed by atoms with Crippen molar-refractivity contribution in [2.75, 3.05) is 25.1 Å². The lowest BCUT2D eigenvalue weighted by Gasteiger charge is -2.30. The molecule has 144 valence electrons. The van der Waals surface area contributed by atoms with Gasteiger partial charge >= 0.3 is 5.97 Å². The van der Waals surface area contributed by atoms with E-state index >= 15 is 0 Å². The topological polar surface area (TPSA) is 64.4 Å². The Bertz CT molecular complexity index is 1080. The molecule has 0 unspecified atom stereocenters. The number of hydrogen-bond donors (Lipinski definition) is 0. The Kier molecular flexibility index (Phi) is 4.86. The van der Waals surface area contributed by atoms with Crippen LogP contribution < -0.4 is 10.5 Å². The van der Waals surface area contributed by atoms with Crippen molar-refractivity contribution >= 4 is 22.8 Å². The molecule has 4 rings (SSSR count). The van der Waals surface area contributed by atoms with Gasteiger partial charge in [0, 0.05) is 13.1 Å². The first kappa shape index (κ1) is 18.2. The van der Waals surface area contributed by atoms with Gasteiger partial charge in [-0.3, -0.25) is 4.79 Å². The monoisotopic (exact) mass is 377 g/mol. The summed E-state index contributed by atoms with van der Waals surface area (Å²) in [5, 5.41) is 0.481. The molecule has 0 saturated carbocycles. The zero-order chi connectivity index (χ0) is 19.7. The van der Waals surface area contributed by atoms with Crippen LogP contribution in [0.15, 0.2) is 47.3 Å². The number of benzene rings is 2. The van der Waals surface area contributed by atoms with Crippen LogP contribution in [0.1, 0.15) is 35.2 Å². The smallest absolute Gasteiger partial charge is 0.337 e. The Morgan fingerprint density at radius 2 is 1.75 bits per heavy atom. The number of ether oxygens (including phenoxy) is 1. The minimum absolute atomic E-state index is 0.133. The molecule has 2 heterocycles. The number of nitrogens with zero attached hydrogens (tertiary/aromatic N) is 3. The molecule has 1 aromatic heterocycles. The third kappa shape index (κ3) is 3.26. The fraction of sp³-hybridized carbons (Fsp3) is 0.318. The Morgan fingerprint density at radius 1 is 1.04 bits per heavy atom. The van der Waals surface area contributed by atoms with E-state index in [-0.39, 0.29) is 5.56 Å². The summed E-state index contributed by atoms with van der Waals surface area (Å²) in [5.41, 5.74) is 2.69. The van der Waals surface area contributed by atoms with Gasteiger partial charge in [-0.05, 0) is 56.5 Å². The van der Waals surface area contributed by atoms with Crippen molar-refractivity contribution in [3.05, 3.63) is 63.9 Å². The van der Waals surface area contributed by atoms with Crippen LogP contribution in [0.4, 0.5) is 5.95 Å². The zero-order valence-corrected chi connectivity index (χ0v) is 16.1. The van der Waals surface area contributed by atoms with Crippen LogP contribution >= 0.6 is 0 Å². The molecule has 6 nitrogen and oxygen atoms in total. The van der Waals surface area contributed by atoms with Crippen LogP contribution in [0.5, 0.6) is 0 Å². The average Bonchev–Trinajstić information content (AvgIpc) is 2.74. The van der Waals surface area contributed by atoms with Crippen molar-refractivity contribution in [1.82, 2.24) is 9.55 Å². The number of carbonyl (C=O) groups is 1. The van der Waals surface area contributed by atoms with Crippen LogP contribution in [0.3, 0.4) is 0 Å². The van der Waals surface area contributed by atoms with E-state index in [9.17, 15) is 9.59 Å². The van der Waals surface area contributed by atoms with E-state index in [1.807, 2.05) is 31.2 Å². The summed E-state index contributed by atoms with van der Waals surface area (Å²) in [6, 6.07) is 12.8. The van der Waals surface area contributed by atoms with Gasteiger partial charge in [-0.15, -0.1) is 0 Å². The predicted octanol–water partition coefficient (Wildman–Crippen LogP) is 3.47. The number of aryl methyl sites for hydroxylation is 1. The van der Waals surface area contributed by atoms with Gasteiger partial charge in [0.15, 0.2) is 0 Å². The number of piperidine rings is 1. The fourth-order valence-electron chi connectivity index (χ4n) is 3.65. The first-order valence-electron chi connectivity index (χ1n) is 9.55. The summed E-state index contributed by atoms with van der Waals surface area (Å²) >= 11 is 0. The SMILES string of the molecule is COC(=O)c1ccc2c(=O)n(-c3ccc(C)cc3)c(N3CCCCC3)nc2c1. The van der Waals surface area contributed by atoms with Crippen molar-refractivity contribution in [1.29, 1.82) is 0 Å². The lowest BCUT2D eigenvalue weighted by atomic mass is 10.1. The standard InChI is InChI=1S/C22H23N3O3/c1-15-6-9-17(10-7-15)25-20(26)18-11-8-16(21(27)28-2)14-19(18)23-22(25)24-12-4-3-5-13-24/h6-11,14H,3-5,12-13H2,1-2H3. The van der Waals surface area contributed by atoms with Crippen molar-refractivity contribution in [3.8, 4) is 5.69 Å². The molecule has 1 aliphatic rings. The number of esters is 1. The first-order chi connectivity index (χ1) is 13.6. The van der Waals surface area contributed by atoms with Gasteiger partial charge < -0.3 is 9.64 Å². The maximum Gasteiger partial charge on any atom is 0.337 e. The van der Waals surface area contributed by atoms with Crippen molar-refractivity contribution in [2.45, 2.75) is 26.2 Å². The van der Waals surface area contributed by atoms with Gasteiger partial charge in [0.2, 0.25) is 5.95 Å². The number of methoxy groups -OCH3 is 1. The Balaban J connectivity index is 1.97. The number of rotatable bonds is 3. The number of anilines is 1. The van der Waals surface area contributed by atoms with Crippen LogP contribution in [0, 0.1) is 6.92 Å². The molecule has 2 aromatic carbocycles. The highest BCUT2D eigenvalue weighted by Gasteiger charge is 2.21. The molecule has 0 radical (unpaired) electrons. The van der Waals surface area contributed by atoms with E-state index in [0.717, 1.165) is 37.2 Å². The van der Waals surface area contributed by atoms with Crippen LogP contribution in [-0.2, 0) is 4.74 Å². The number of aromatic nitrogens is 2. The van der Waals surface area contributed by atoms with Gasteiger partial charge in [0.05, 0.1) is 29.3 Å². The number of fused-ring (bicyclic) bond motifs is 1. The molecule has 0 spiro atoms. The summed E-state index contributed by atoms with van der Waals surface area (Å²) in [5.74, 6) is 0.189. The van der Waals surface area contributed by atoms with Crippen LogP contribution in [-0.4, -0.2) is 35.7 Å². The Morgan fingerprint density at radius 3 is 2.43 bits per heavy atom. The number of hydrogen-bond acceptors (Lipinski definition) is 5. The number of carbonyl (C=O) groups excluding carboxylic acids is 1. The van der Waals surface area contributed by atoms with E-state index in [2.05, 4.69) is 4.90 Å². The van der Waals surface area contributed by atoms with E-state index < -0.39 is 5.97 Å². The summed E-state index contributed by atoms with van der Waals surface area (Å²) in [4.78, 5) is 32.3. The lowest BCUT2D eigenvalue weighted by Crippen LogP contribution is -2.36. The van der Waals surface area contributed by atoms with E-state index in [4.69, 9.17) is 9.72 Å². The van der Waals surface area contributed by atoms with Gasteiger partial charge in [0.25, 0.3) is 5.56 Å². The normalized spacial score (nSPS) is 14.3. The van der Waals surface area contributed by atoms with E-state index in [1.54, 1.807) is 22.8 Å². The zero-order valence-electron chi connectivity index (χ0n) is 16.1. The molecular weight excluding hydrogens is 354 g/mol. The molecule has 28 heavy (non-hydrogen) atoms. The van der Waals surface area contributed by atoms with Crippen molar-refractivity contribution in [3.63, 3.8) is 0 Å². The third-order valence-corrected chi connectivity index (χ3v) is 5.20. The molecule has 0 aliphatic carbocycles. The predicted molar refractivity (Wildman–Crippen MR) is 109 cm³/mol. The summed E-state index contributed by atoms with van der Waals surface area (Å²) in [6.45, 7) is 3.74. The second-order valence-electron chi connectivity index (χ2n) is 7.16. The third-order valence-electron chi connectivity index (χ3n) is 5.20. The van der Waals surface area contributed by atoms with Crippen LogP contribution in [0.2, 0.25) is 0 Å². The fourth-order valence-corrected chi connectivity index (χ4v) is 3.65. The Labute approximate surface area is 163 Å². The second-order valence-corrected chi connectivity index (χ2v) is 7.16. The minimum Gasteiger partial charge on any atom is -0.465 e. The van der Waals surface area contributed by atoms with Crippen LogP contribution in [0.25, 0.3) is 16.6 Å². The molecule has 0 atom stereocenters. The van der Waals surface area contributed by atoms with Gasteiger partial charge in [0.1, 0.15) is 0 Å². The Hall–Kier alpha value is -3.15. The maximum absolute atomic E-state index is 13.4. The summed E-state index contributed by atoms with van der Waals surface area (Å²) in [7, 11) is 1.34. The largest absolute Gasteiger partial charge is 0.465 e. The summed E-state index contributed by atoms with van der Waals surface area (Å²) < 4.78 is 6.49. The molecular formula is C22H23N3O3. The molecule has 0 amide bonds. The first-order valence-corrected chi connectivity index (χ1v) is 9.55.